The van der Waals surface area contributed by atoms with Gasteiger partial charge in [-0.15, -0.1) is 0 Å². The topological polar surface area (TPSA) is 80.7 Å². The molecule has 0 aliphatic carbocycles. The fraction of sp³-hybridized carbons (Fsp3) is 0.762. The summed E-state index contributed by atoms with van der Waals surface area (Å²) in [5, 5.41) is 9.18. The van der Waals surface area contributed by atoms with Crippen molar-refractivity contribution in [3.05, 3.63) is 12.2 Å². The summed E-state index contributed by atoms with van der Waals surface area (Å²) in [4.78, 5) is 33.5. The van der Waals surface area contributed by atoms with Crippen LogP contribution in [0, 0.1) is 5.92 Å². The molecular formula is C21H34O5. The molecule has 2 atom stereocenters. The van der Waals surface area contributed by atoms with E-state index in [2.05, 4.69) is 6.58 Å². The van der Waals surface area contributed by atoms with Crippen LogP contribution in [0.5, 0.6) is 0 Å². The fourth-order valence-electron chi connectivity index (χ4n) is 3.48. The van der Waals surface area contributed by atoms with Gasteiger partial charge < -0.3 is 14.6 Å². The van der Waals surface area contributed by atoms with Crippen LogP contribution in [0.2, 0.25) is 0 Å². The normalized spacial score (nSPS) is 19.6. The van der Waals surface area contributed by atoms with Crippen molar-refractivity contribution in [3.8, 4) is 0 Å². The summed E-state index contributed by atoms with van der Waals surface area (Å²) in [6.45, 7) is 5.19. The quantitative estimate of drug-likeness (QED) is 0.255. The lowest BCUT2D eigenvalue weighted by molar-refractivity contribution is -0.144. The van der Waals surface area contributed by atoms with Crippen molar-refractivity contribution >= 4 is 17.7 Å². The van der Waals surface area contributed by atoms with Gasteiger partial charge in [-0.3, -0.25) is 4.79 Å². The molecule has 1 saturated heterocycles. The van der Waals surface area contributed by atoms with Crippen LogP contribution in [0.1, 0.15) is 90.4 Å². The molecule has 1 fully saturated rings. The minimum absolute atomic E-state index is 0.0730. The number of carboxylic acids is 1. The number of Topliss-reactive ketones (excluding diaryl/α,β-unsaturated/α-hetero) is 1. The van der Waals surface area contributed by atoms with Crippen molar-refractivity contribution in [2.45, 2.75) is 96.5 Å². The second kappa shape index (κ2) is 12.7. The van der Waals surface area contributed by atoms with Crippen LogP contribution >= 0.6 is 0 Å². The van der Waals surface area contributed by atoms with Gasteiger partial charge in [-0.1, -0.05) is 64.4 Å². The number of unbranched alkanes of at least 4 members (excludes halogenated alkanes) is 10. The van der Waals surface area contributed by atoms with Gasteiger partial charge in [0.15, 0.2) is 0 Å². The highest BCUT2D eigenvalue weighted by Gasteiger charge is 2.42. The zero-order valence-electron chi connectivity index (χ0n) is 16.1. The molecular weight excluding hydrogens is 332 g/mol. The van der Waals surface area contributed by atoms with E-state index in [1.807, 2.05) is 0 Å². The number of hydrogen-bond donors (Lipinski definition) is 1. The Hall–Kier alpha value is -1.65. The Kier molecular flexibility index (Phi) is 10.9. The van der Waals surface area contributed by atoms with Crippen molar-refractivity contribution in [2.24, 2.45) is 5.92 Å². The number of carboxylic acid groups (broad SMARTS) is 1. The Labute approximate surface area is 157 Å². The summed E-state index contributed by atoms with van der Waals surface area (Å²) in [5.74, 6) is -2.17. The molecule has 0 unspecified atom stereocenters. The van der Waals surface area contributed by atoms with Crippen LogP contribution in [0.15, 0.2) is 12.2 Å². The van der Waals surface area contributed by atoms with Gasteiger partial charge in [0.1, 0.15) is 17.8 Å². The zero-order chi connectivity index (χ0) is 19.4. The molecule has 1 rings (SSSR count). The Balaban J connectivity index is 1.93. The summed E-state index contributed by atoms with van der Waals surface area (Å²) in [6.07, 6.45) is 13.5. The third kappa shape index (κ3) is 8.63. The number of carbonyl (C=O) groups excluding carboxylic acids is 2. The molecule has 1 aliphatic heterocycles. The number of ether oxygens (including phenoxy) is 1. The molecule has 0 saturated carbocycles. The van der Waals surface area contributed by atoms with E-state index in [-0.39, 0.29) is 5.57 Å². The van der Waals surface area contributed by atoms with Gasteiger partial charge in [-0.25, -0.2) is 4.79 Å². The number of ketones is 1. The molecule has 0 aromatic heterocycles. The third-order valence-corrected chi connectivity index (χ3v) is 5.05. The number of esters is 1. The Bertz CT molecular complexity index is 483. The molecule has 0 aromatic rings. The molecule has 5 nitrogen and oxygen atoms in total. The van der Waals surface area contributed by atoms with Gasteiger partial charge in [0.25, 0.3) is 0 Å². The van der Waals surface area contributed by atoms with E-state index in [1.54, 1.807) is 6.92 Å². The van der Waals surface area contributed by atoms with Crippen LogP contribution in [0.4, 0.5) is 0 Å². The van der Waals surface area contributed by atoms with Crippen LogP contribution in [-0.4, -0.2) is 28.9 Å². The third-order valence-electron chi connectivity index (χ3n) is 5.05. The van der Waals surface area contributed by atoms with Gasteiger partial charge >= 0.3 is 11.9 Å². The largest absolute Gasteiger partial charge is 0.481 e. The van der Waals surface area contributed by atoms with Gasteiger partial charge in [-0.05, 0) is 26.2 Å². The molecule has 1 aliphatic rings. The second-order valence-electron chi connectivity index (χ2n) is 7.41. The highest BCUT2D eigenvalue weighted by Crippen LogP contribution is 2.30. The maximum Gasteiger partial charge on any atom is 0.334 e. The molecule has 0 bridgehead atoms. The van der Waals surface area contributed by atoms with Crippen LogP contribution < -0.4 is 0 Å². The number of carbonyl (C=O) groups is 3. The lowest BCUT2D eigenvalue weighted by Gasteiger charge is -2.13. The van der Waals surface area contributed by atoms with Crippen molar-refractivity contribution in [2.75, 3.05) is 0 Å². The highest BCUT2D eigenvalue weighted by atomic mass is 16.6. The standard InChI is InChI=1S/C21H34O5/c1-16(22)14-12-10-8-6-4-3-5-7-9-11-13-15-18-19(20(23)24)17(2)21(25)26-18/h18-19H,2-15H2,1H3,(H,23,24)/t18-,19-/m0/s1. The second-order valence-corrected chi connectivity index (χ2v) is 7.41. The molecule has 1 heterocycles. The Morgan fingerprint density at radius 2 is 1.38 bits per heavy atom. The van der Waals surface area contributed by atoms with E-state index in [1.165, 1.54) is 38.5 Å². The summed E-state index contributed by atoms with van der Waals surface area (Å²) in [7, 11) is 0. The molecule has 5 heteroatoms. The van der Waals surface area contributed by atoms with E-state index in [4.69, 9.17) is 4.74 Å². The average molecular weight is 366 g/mol. The predicted molar refractivity (Wildman–Crippen MR) is 101 cm³/mol. The molecule has 1 N–H and O–H groups in total. The van der Waals surface area contributed by atoms with E-state index < -0.39 is 24.0 Å². The minimum atomic E-state index is -1.02. The fourth-order valence-corrected chi connectivity index (χ4v) is 3.48. The lowest BCUT2D eigenvalue weighted by atomic mass is 9.93. The van der Waals surface area contributed by atoms with E-state index in [0.717, 1.165) is 38.5 Å². The van der Waals surface area contributed by atoms with Crippen molar-refractivity contribution in [1.29, 1.82) is 0 Å². The molecule has 148 valence electrons. The molecule has 26 heavy (non-hydrogen) atoms. The van der Waals surface area contributed by atoms with E-state index >= 15 is 0 Å². The summed E-state index contributed by atoms with van der Waals surface area (Å²) in [5.41, 5.74) is 0.0730. The minimum Gasteiger partial charge on any atom is -0.481 e. The first kappa shape index (κ1) is 22.4. The summed E-state index contributed by atoms with van der Waals surface area (Å²) < 4.78 is 5.12. The lowest BCUT2D eigenvalue weighted by Crippen LogP contribution is -2.24. The maximum atomic E-state index is 11.4. The van der Waals surface area contributed by atoms with Crippen molar-refractivity contribution in [1.82, 2.24) is 0 Å². The highest BCUT2D eigenvalue weighted by molar-refractivity contribution is 5.97. The Morgan fingerprint density at radius 3 is 1.85 bits per heavy atom. The van der Waals surface area contributed by atoms with Gasteiger partial charge in [0.2, 0.25) is 0 Å². The number of cyclic esters (lactones) is 1. The molecule has 0 spiro atoms. The van der Waals surface area contributed by atoms with Crippen LogP contribution in [-0.2, 0) is 19.1 Å². The molecule has 0 radical (unpaired) electrons. The monoisotopic (exact) mass is 366 g/mol. The first-order valence-corrected chi connectivity index (χ1v) is 10.1. The zero-order valence-corrected chi connectivity index (χ0v) is 16.1. The summed E-state index contributed by atoms with van der Waals surface area (Å²) in [6, 6.07) is 0. The molecule has 0 aromatic carbocycles. The first-order valence-electron chi connectivity index (χ1n) is 10.1. The average Bonchev–Trinajstić information content (AvgIpc) is 2.86. The summed E-state index contributed by atoms with van der Waals surface area (Å²) >= 11 is 0. The molecule has 0 amide bonds. The number of rotatable bonds is 15. The van der Waals surface area contributed by atoms with Gasteiger partial charge in [0.05, 0.1) is 0 Å². The number of aliphatic carboxylic acids is 1. The smallest absolute Gasteiger partial charge is 0.334 e. The SMILES string of the molecule is C=C1C(=O)O[C@@H](CCCCCCCCCCCCCC(C)=O)[C@H]1C(=O)O. The van der Waals surface area contributed by atoms with Crippen LogP contribution in [0.3, 0.4) is 0 Å². The number of hydrogen-bond acceptors (Lipinski definition) is 4. The first-order chi connectivity index (χ1) is 12.4. The van der Waals surface area contributed by atoms with Gasteiger partial charge in [0, 0.05) is 12.0 Å². The van der Waals surface area contributed by atoms with Crippen molar-refractivity contribution in [3.63, 3.8) is 0 Å². The maximum absolute atomic E-state index is 11.4. The Morgan fingerprint density at radius 1 is 0.923 bits per heavy atom. The van der Waals surface area contributed by atoms with E-state index in [0.29, 0.717) is 12.2 Å². The van der Waals surface area contributed by atoms with Crippen molar-refractivity contribution < 1.29 is 24.2 Å². The van der Waals surface area contributed by atoms with Crippen LogP contribution in [0.25, 0.3) is 0 Å². The van der Waals surface area contributed by atoms with Gasteiger partial charge in [-0.2, -0.15) is 0 Å². The van der Waals surface area contributed by atoms with E-state index in [9.17, 15) is 19.5 Å². The predicted octanol–water partition coefficient (Wildman–Crippen LogP) is 4.83.